The summed E-state index contributed by atoms with van der Waals surface area (Å²) in [6.07, 6.45) is 3.03. The number of sulfonamides is 1. The highest BCUT2D eigenvalue weighted by Crippen LogP contribution is 1.94. The molecule has 0 saturated carbocycles. The Balaban J connectivity index is 3.80. The Labute approximate surface area is 97.0 Å². The maximum Gasteiger partial charge on any atom is 0.212 e. The van der Waals surface area contributed by atoms with Gasteiger partial charge < -0.3 is 5.11 Å². The quantitative estimate of drug-likeness (QED) is 0.531. The van der Waals surface area contributed by atoms with Crippen molar-refractivity contribution in [2.45, 2.75) is 19.3 Å². The molecule has 0 aliphatic heterocycles. The molecule has 2 N–H and O–H groups in total. The first-order valence-electron chi connectivity index (χ1n) is 5.03. The molecule has 0 radical (unpaired) electrons. The van der Waals surface area contributed by atoms with Crippen molar-refractivity contribution >= 4 is 19.9 Å². The molecule has 0 amide bonds. The van der Waals surface area contributed by atoms with Gasteiger partial charge in [0.25, 0.3) is 0 Å². The van der Waals surface area contributed by atoms with Gasteiger partial charge in [-0.25, -0.2) is 21.6 Å². The van der Waals surface area contributed by atoms with E-state index in [0.29, 0.717) is 12.8 Å². The molecule has 6 nitrogen and oxygen atoms in total. The van der Waals surface area contributed by atoms with Crippen LogP contribution in [0.1, 0.15) is 19.3 Å². The first-order chi connectivity index (χ1) is 7.27. The fraction of sp³-hybridized carbons (Fsp3) is 1.00. The van der Waals surface area contributed by atoms with E-state index in [2.05, 4.69) is 4.72 Å². The highest BCUT2D eigenvalue weighted by atomic mass is 32.2. The molecule has 0 atom stereocenters. The first kappa shape index (κ1) is 15.8. The molecule has 0 aromatic heterocycles. The van der Waals surface area contributed by atoms with Gasteiger partial charge in [-0.1, -0.05) is 0 Å². The van der Waals surface area contributed by atoms with E-state index in [4.69, 9.17) is 5.11 Å². The average molecular weight is 273 g/mol. The van der Waals surface area contributed by atoms with Crippen LogP contribution in [0.2, 0.25) is 0 Å². The van der Waals surface area contributed by atoms with Gasteiger partial charge in [-0.05, 0) is 19.3 Å². The van der Waals surface area contributed by atoms with Crippen molar-refractivity contribution in [1.29, 1.82) is 0 Å². The minimum Gasteiger partial charge on any atom is -0.396 e. The van der Waals surface area contributed by atoms with Crippen LogP contribution in [0.4, 0.5) is 0 Å². The largest absolute Gasteiger partial charge is 0.396 e. The zero-order valence-corrected chi connectivity index (χ0v) is 11.0. The van der Waals surface area contributed by atoms with Crippen LogP contribution >= 0.6 is 0 Å². The van der Waals surface area contributed by atoms with E-state index in [9.17, 15) is 16.8 Å². The number of aliphatic hydroxyl groups excluding tert-OH is 1. The van der Waals surface area contributed by atoms with Gasteiger partial charge in [-0.2, -0.15) is 0 Å². The Morgan fingerprint density at radius 2 is 1.62 bits per heavy atom. The topological polar surface area (TPSA) is 101 Å². The lowest BCUT2D eigenvalue weighted by molar-refractivity contribution is 0.283. The Bertz CT molecular complexity index is 373. The molecule has 0 saturated heterocycles. The van der Waals surface area contributed by atoms with E-state index in [1.807, 2.05) is 0 Å². The third-order valence-corrected chi connectivity index (χ3v) is 4.47. The number of nitrogens with one attached hydrogen (secondary N) is 1. The van der Waals surface area contributed by atoms with Crippen LogP contribution in [-0.4, -0.2) is 52.9 Å². The summed E-state index contributed by atoms with van der Waals surface area (Å²) in [5.41, 5.74) is 0. The normalized spacial score (nSPS) is 12.9. The lowest BCUT2D eigenvalue weighted by Crippen LogP contribution is -2.30. The predicted octanol–water partition coefficient (Wildman–Crippen LogP) is -0.887. The zero-order chi connectivity index (χ0) is 12.7. The number of hydrogen-bond donors (Lipinski definition) is 2. The average Bonchev–Trinajstić information content (AvgIpc) is 2.14. The summed E-state index contributed by atoms with van der Waals surface area (Å²) in [6, 6.07) is 0. The Morgan fingerprint density at radius 3 is 2.12 bits per heavy atom. The Hall–Kier alpha value is -0.180. The van der Waals surface area contributed by atoms with E-state index >= 15 is 0 Å². The summed E-state index contributed by atoms with van der Waals surface area (Å²) >= 11 is 0. The molecule has 98 valence electrons. The summed E-state index contributed by atoms with van der Waals surface area (Å²) < 4.78 is 46.4. The van der Waals surface area contributed by atoms with Gasteiger partial charge in [0.2, 0.25) is 10.0 Å². The van der Waals surface area contributed by atoms with Crippen LogP contribution in [0.15, 0.2) is 0 Å². The monoisotopic (exact) mass is 273 g/mol. The predicted molar refractivity (Wildman–Crippen MR) is 62.4 cm³/mol. The van der Waals surface area contributed by atoms with Crippen LogP contribution in [0, 0.1) is 0 Å². The third kappa shape index (κ3) is 10.3. The summed E-state index contributed by atoms with van der Waals surface area (Å²) in [7, 11) is -6.74. The van der Waals surface area contributed by atoms with E-state index < -0.39 is 25.6 Å². The van der Waals surface area contributed by atoms with Crippen LogP contribution in [0.25, 0.3) is 0 Å². The number of aliphatic hydroxyl groups is 1. The molecule has 0 unspecified atom stereocenters. The molecular weight excluding hydrogens is 254 g/mol. The minimum absolute atomic E-state index is 0.0980. The lowest BCUT2D eigenvalue weighted by atomic mass is 10.2. The highest BCUT2D eigenvalue weighted by molar-refractivity contribution is 7.93. The van der Waals surface area contributed by atoms with E-state index in [1.165, 1.54) is 0 Å². The molecule has 0 heterocycles. The summed E-state index contributed by atoms with van der Waals surface area (Å²) in [6.45, 7) is 0.382. The number of rotatable bonds is 9. The standard InChI is InChI=1S/C8H19NO5S2/c1-15(11,12)7-8-16(13,14)9-5-3-2-4-6-10/h9-10H,2-8H2,1H3. The Morgan fingerprint density at radius 1 is 1.00 bits per heavy atom. The summed E-state index contributed by atoms with van der Waals surface area (Å²) in [5, 5.41) is 8.49. The van der Waals surface area contributed by atoms with Gasteiger partial charge in [0.15, 0.2) is 0 Å². The fourth-order valence-electron chi connectivity index (χ4n) is 0.975. The van der Waals surface area contributed by atoms with Crippen molar-refractivity contribution in [3.8, 4) is 0 Å². The molecule has 0 bridgehead atoms. The van der Waals surface area contributed by atoms with Crippen LogP contribution < -0.4 is 4.72 Å². The van der Waals surface area contributed by atoms with Crippen molar-refractivity contribution in [2.24, 2.45) is 0 Å². The van der Waals surface area contributed by atoms with Crippen molar-refractivity contribution in [3.63, 3.8) is 0 Å². The number of sulfone groups is 1. The van der Waals surface area contributed by atoms with Crippen molar-refractivity contribution in [3.05, 3.63) is 0 Å². The molecule has 0 aliphatic carbocycles. The van der Waals surface area contributed by atoms with Gasteiger partial charge in [-0.15, -0.1) is 0 Å². The third-order valence-electron chi connectivity index (χ3n) is 1.88. The van der Waals surface area contributed by atoms with Gasteiger partial charge >= 0.3 is 0 Å². The second kappa shape index (κ2) is 7.21. The summed E-state index contributed by atoms with van der Waals surface area (Å²) in [5.74, 6) is -0.759. The maximum absolute atomic E-state index is 11.3. The fourth-order valence-corrected chi connectivity index (χ4v) is 3.66. The van der Waals surface area contributed by atoms with Gasteiger partial charge in [0.05, 0.1) is 11.5 Å². The van der Waals surface area contributed by atoms with Gasteiger partial charge in [0, 0.05) is 19.4 Å². The second-order valence-electron chi connectivity index (χ2n) is 3.63. The van der Waals surface area contributed by atoms with E-state index in [-0.39, 0.29) is 18.9 Å². The molecule has 0 aromatic rings. The van der Waals surface area contributed by atoms with E-state index in [1.54, 1.807) is 0 Å². The number of unbranched alkanes of at least 4 members (excludes halogenated alkanes) is 2. The maximum atomic E-state index is 11.3. The molecule has 0 aliphatic rings. The Kier molecular flexibility index (Phi) is 7.12. The van der Waals surface area contributed by atoms with Crippen LogP contribution in [0.3, 0.4) is 0 Å². The van der Waals surface area contributed by atoms with Crippen molar-refractivity contribution < 1.29 is 21.9 Å². The highest BCUT2D eigenvalue weighted by Gasteiger charge is 2.13. The molecule has 8 heteroatoms. The molecule has 0 rings (SSSR count). The first-order valence-corrected chi connectivity index (χ1v) is 8.74. The summed E-state index contributed by atoms with van der Waals surface area (Å²) in [4.78, 5) is 0. The smallest absolute Gasteiger partial charge is 0.212 e. The van der Waals surface area contributed by atoms with Crippen molar-refractivity contribution in [2.75, 3.05) is 30.9 Å². The molecular formula is C8H19NO5S2. The van der Waals surface area contributed by atoms with E-state index in [0.717, 1.165) is 12.7 Å². The van der Waals surface area contributed by atoms with Gasteiger partial charge in [-0.3, -0.25) is 0 Å². The number of hydrogen-bond acceptors (Lipinski definition) is 5. The zero-order valence-electron chi connectivity index (χ0n) is 9.35. The SMILES string of the molecule is CS(=O)(=O)CCS(=O)(=O)NCCCCCO. The molecule has 0 aromatic carbocycles. The van der Waals surface area contributed by atoms with Gasteiger partial charge in [0.1, 0.15) is 9.84 Å². The molecule has 0 fully saturated rings. The van der Waals surface area contributed by atoms with Crippen LogP contribution in [-0.2, 0) is 19.9 Å². The van der Waals surface area contributed by atoms with Crippen molar-refractivity contribution in [1.82, 2.24) is 4.72 Å². The minimum atomic E-state index is -3.49. The van der Waals surface area contributed by atoms with Crippen LogP contribution in [0.5, 0.6) is 0 Å². The lowest BCUT2D eigenvalue weighted by Gasteiger charge is -2.05. The molecule has 16 heavy (non-hydrogen) atoms. The molecule has 0 spiro atoms. The second-order valence-corrected chi connectivity index (χ2v) is 7.81.